The van der Waals surface area contributed by atoms with Crippen LogP contribution < -0.4 is 10.9 Å². The van der Waals surface area contributed by atoms with Crippen LogP contribution in [0.2, 0.25) is 5.02 Å². The fourth-order valence-corrected chi connectivity index (χ4v) is 5.48. The predicted octanol–water partition coefficient (Wildman–Crippen LogP) is 5.65. The maximum atomic E-state index is 13.5. The number of hydrogen-bond acceptors (Lipinski definition) is 5. The van der Waals surface area contributed by atoms with E-state index in [1.165, 1.54) is 11.6 Å². The van der Waals surface area contributed by atoms with Crippen molar-refractivity contribution in [1.82, 2.24) is 19.8 Å². The molecule has 9 nitrogen and oxygen atoms in total. The van der Waals surface area contributed by atoms with Crippen molar-refractivity contribution in [2.45, 2.75) is 31.8 Å². The maximum absolute atomic E-state index is 13.5. The molecule has 0 radical (unpaired) electrons. The van der Waals surface area contributed by atoms with Gasteiger partial charge >= 0.3 is 12.2 Å². The number of fused-ring (bicyclic) bond motifs is 4. The van der Waals surface area contributed by atoms with Gasteiger partial charge in [-0.3, -0.25) is 9.36 Å². The van der Waals surface area contributed by atoms with Crippen LogP contribution in [0.25, 0.3) is 22.0 Å². The lowest BCUT2D eigenvalue weighted by atomic mass is 9.98. The molecule has 10 heteroatoms. The molecular weight excluding hydrogens is 532 g/mol. The zero-order chi connectivity index (χ0) is 28.4. The lowest BCUT2D eigenvalue weighted by Crippen LogP contribution is -2.35. The van der Waals surface area contributed by atoms with Gasteiger partial charge in [-0.1, -0.05) is 66.2 Å². The molecule has 0 saturated carbocycles. The van der Waals surface area contributed by atoms with Gasteiger partial charge in [-0.15, -0.1) is 0 Å². The molecule has 1 heterocycles. The Balaban J connectivity index is 1.35. The Hall–Kier alpha value is -4.37. The molecule has 1 aliphatic carbocycles. The van der Waals surface area contributed by atoms with Gasteiger partial charge in [-0.25, -0.2) is 14.6 Å². The molecule has 3 aromatic carbocycles. The molecule has 0 aliphatic heterocycles. The number of amides is 2. The first kappa shape index (κ1) is 27.2. The molecule has 40 heavy (non-hydrogen) atoms. The highest BCUT2D eigenvalue weighted by Crippen LogP contribution is 2.44. The summed E-state index contributed by atoms with van der Waals surface area (Å²) in [5, 5.41) is 12.5. The van der Waals surface area contributed by atoms with Gasteiger partial charge in [-0.05, 0) is 47.7 Å². The van der Waals surface area contributed by atoms with Crippen molar-refractivity contribution in [1.29, 1.82) is 0 Å². The highest BCUT2D eigenvalue weighted by Gasteiger charge is 2.29. The maximum Gasteiger partial charge on any atom is 0.407 e. The minimum absolute atomic E-state index is 0.0844. The van der Waals surface area contributed by atoms with Gasteiger partial charge in [0.05, 0.1) is 22.0 Å². The second kappa shape index (κ2) is 11.4. The van der Waals surface area contributed by atoms with Crippen LogP contribution >= 0.6 is 11.6 Å². The third-order valence-corrected chi connectivity index (χ3v) is 7.54. The average molecular weight is 561 g/mol. The number of benzene rings is 3. The summed E-state index contributed by atoms with van der Waals surface area (Å²) < 4.78 is 7.13. The molecule has 1 atom stereocenters. The minimum Gasteiger partial charge on any atom is -0.465 e. The molecule has 0 spiro atoms. The van der Waals surface area contributed by atoms with Crippen LogP contribution in [0.5, 0.6) is 0 Å². The van der Waals surface area contributed by atoms with Crippen molar-refractivity contribution in [3.63, 3.8) is 0 Å². The molecule has 4 aromatic rings. The van der Waals surface area contributed by atoms with E-state index in [1.54, 1.807) is 25.1 Å². The van der Waals surface area contributed by atoms with E-state index in [-0.39, 0.29) is 41.6 Å². The number of nitrogens with zero attached hydrogens (tertiary/aromatic N) is 3. The summed E-state index contributed by atoms with van der Waals surface area (Å²) in [4.78, 5) is 43.4. The Morgan fingerprint density at radius 3 is 2.38 bits per heavy atom. The predicted molar refractivity (Wildman–Crippen MR) is 153 cm³/mol. The zero-order valence-corrected chi connectivity index (χ0v) is 22.9. The molecular formula is C30H29ClN4O5. The first-order chi connectivity index (χ1) is 19.3. The summed E-state index contributed by atoms with van der Waals surface area (Å²) in [6, 6.07) is 20.5. The number of carbonyl (C=O) groups excluding carboxylic acids is 1. The summed E-state index contributed by atoms with van der Waals surface area (Å²) >= 11 is 6.32. The van der Waals surface area contributed by atoms with Crippen LogP contribution in [-0.2, 0) is 11.3 Å². The number of hydrogen-bond donors (Lipinski definition) is 2. The fraction of sp³-hybridized carbons (Fsp3) is 0.267. The second-order valence-electron chi connectivity index (χ2n) is 9.81. The smallest absolute Gasteiger partial charge is 0.407 e. The molecule has 0 saturated heterocycles. The van der Waals surface area contributed by atoms with E-state index in [2.05, 4.69) is 34.6 Å². The van der Waals surface area contributed by atoms with Gasteiger partial charge in [-0.2, -0.15) is 0 Å². The number of rotatable bonds is 8. The summed E-state index contributed by atoms with van der Waals surface area (Å²) in [5.41, 5.74) is 4.54. The molecule has 0 bridgehead atoms. The molecule has 206 valence electrons. The number of halogens is 1. The summed E-state index contributed by atoms with van der Waals surface area (Å²) in [6.45, 7) is 2.29. The van der Waals surface area contributed by atoms with E-state index in [0.29, 0.717) is 17.8 Å². The van der Waals surface area contributed by atoms with E-state index in [9.17, 15) is 14.4 Å². The molecule has 5 rings (SSSR count). The molecule has 2 amide bonds. The summed E-state index contributed by atoms with van der Waals surface area (Å²) in [7, 11) is 1.46. The van der Waals surface area contributed by atoms with Crippen molar-refractivity contribution in [2.75, 3.05) is 20.2 Å². The summed E-state index contributed by atoms with van der Waals surface area (Å²) in [5.74, 6) is 0.241. The van der Waals surface area contributed by atoms with Crippen molar-refractivity contribution >= 4 is 34.7 Å². The van der Waals surface area contributed by atoms with Crippen LogP contribution in [0, 0.1) is 0 Å². The van der Waals surface area contributed by atoms with Crippen molar-refractivity contribution < 1.29 is 19.4 Å². The Bertz CT molecular complexity index is 1610. The van der Waals surface area contributed by atoms with Crippen LogP contribution in [-0.4, -0.2) is 51.9 Å². The lowest BCUT2D eigenvalue weighted by Gasteiger charge is -2.21. The molecule has 1 aromatic heterocycles. The Labute approximate surface area is 236 Å². The van der Waals surface area contributed by atoms with E-state index >= 15 is 0 Å². The number of nitrogens with one attached hydrogen (secondary N) is 1. The normalized spacial score (nSPS) is 13.0. The third-order valence-electron chi connectivity index (χ3n) is 7.23. The van der Waals surface area contributed by atoms with Crippen LogP contribution in [0.1, 0.15) is 42.3 Å². The Morgan fingerprint density at radius 1 is 1.07 bits per heavy atom. The van der Waals surface area contributed by atoms with E-state index in [0.717, 1.165) is 27.2 Å². The summed E-state index contributed by atoms with van der Waals surface area (Å²) in [6.07, 6.45) is -1.32. The van der Waals surface area contributed by atoms with Crippen LogP contribution in [0.15, 0.2) is 71.5 Å². The van der Waals surface area contributed by atoms with Gasteiger partial charge in [0.25, 0.3) is 5.56 Å². The zero-order valence-electron chi connectivity index (χ0n) is 22.1. The monoisotopic (exact) mass is 560 g/mol. The minimum atomic E-state index is -1.06. The standard InChI is InChI=1S/C30H29ClN4O5/c1-18(32-29(37)40-17-23-21-11-5-3-9-19(21)20-10-4-6-12-22(20)23)27-33-25-14-7-13-24(31)26(25)28(36)35(27)16-8-15-34(2)30(38)39/h3-7,9-14,18,23H,8,15-17H2,1-2H3,(H,32,37)(H,38,39). The van der Waals surface area contributed by atoms with Crippen molar-refractivity contribution in [3.05, 3.63) is 99.1 Å². The number of carboxylic acid groups (broad SMARTS) is 1. The Kier molecular flexibility index (Phi) is 7.75. The number of alkyl carbamates (subject to hydrolysis) is 1. The first-order valence-electron chi connectivity index (χ1n) is 13.0. The quantitative estimate of drug-likeness (QED) is 0.288. The Morgan fingerprint density at radius 2 is 1.73 bits per heavy atom. The lowest BCUT2D eigenvalue weighted by molar-refractivity contribution is 0.139. The topological polar surface area (TPSA) is 114 Å². The third kappa shape index (κ3) is 5.24. The average Bonchev–Trinajstić information content (AvgIpc) is 3.26. The highest BCUT2D eigenvalue weighted by molar-refractivity contribution is 6.35. The first-order valence-corrected chi connectivity index (χ1v) is 13.4. The van der Waals surface area contributed by atoms with Gasteiger partial charge in [0.15, 0.2) is 0 Å². The van der Waals surface area contributed by atoms with Crippen LogP contribution in [0.3, 0.4) is 0 Å². The van der Waals surface area contributed by atoms with Crippen molar-refractivity contribution in [3.8, 4) is 11.1 Å². The number of aromatic nitrogens is 2. The molecule has 0 fully saturated rings. The number of carbonyl (C=O) groups is 2. The number of ether oxygens (including phenoxy) is 1. The molecule has 2 N–H and O–H groups in total. The van der Waals surface area contributed by atoms with Crippen molar-refractivity contribution in [2.24, 2.45) is 0 Å². The molecule has 1 aliphatic rings. The van der Waals surface area contributed by atoms with E-state index < -0.39 is 18.2 Å². The van der Waals surface area contributed by atoms with Crippen LogP contribution in [0.4, 0.5) is 9.59 Å². The van der Waals surface area contributed by atoms with Gasteiger partial charge in [0.1, 0.15) is 12.4 Å². The fourth-order valence-electron chi connectivity index (χ4n) is 5.23. The highest BCUT2D eigenvalue weighted by atomic mass is 35.5. The van der Waals surface area contributed by atoms with Gasteiger partial charge in [0, 0.05) is 26.1 Å². The van der Waals surface area contributed by atoms with Gasteiger partial charge in [0.2, 0.25) is 0 Å². The SMILES string of the molecule is CC(NC(=O)OCC1c2ccccc2-c2ccccc21)c1nc2cccc(Cl)c2c(=O)n1CCCN(C)C(=O)O. The van der Waals surface area contributed by atoms with E-state index in [4.69, 9.17) is 21.4 Å². The van der Waals surface area contributed by atoms with Gasteiger partial charge < -0.3 is 20.1 Å². The second-order valence-corrected chi connectivity index (χ2v) is 10.2. The largest absolute Gasteiger partial charge is 0.465 e. The van der Waals surface area contributed by atoms with E-state index in [1.807, 2.05) is 24.3 Å². The molecule has 1 unspecified atom stereocenters.